The SMILES string of the molecule is O=C(N/N=C/c1cc([N+](=O)[O-])cc(Br)c1O)C12CC3CC(CC(C3)C1)C2. The van der Waals surface area contributed by atoms with E-state index in [4.69, 9.17) is 0 Å². The van der Waals surface area contributed by atoms with Crippen LogP contribution in [-0.4, -0.2) is 22.2 Å². The maximum atomic E-state index is 12.8. The van der Waals surface area contributed by atoms with Crippen LogP contribution >= 0.6 is 15.9 Å². The zero-order valence-electron chi connectivity index (χ0n) is 14.2. The van der Waals surface area contributed by atoms with Crippen molar-refractivity contribution in [1.29, 1.82) is 0 Å². The van der Waals surface area contributed by atoms with Gasteiger partial charge in [0, 0.05) is 17.7 Å². The van der Waals surface area contributed by atoms with Gasteiger partial charge in [-0.05, 0) is 72.2 Å². The summed E-state index contributed by atoms with van der Waals surface area (Å²) in [5.41, 5.74) is 2.32. The molecule has 4 aliphatic rings. The highest BCUT2D eigenvalue weighted by atomic mass is 79.9. The zero-order valence-corrected chi connectivity index (χ0v) is 15.7. The summed E-state index contributed by atoms with van der Waals surface area (Å²) in [6.07, 6.45) is 7.84. The van der Waals surface area contributed by atoms with E-state index in [1.165, 1.54) is 37.6 Å². The minimum Gasteiger partial charge on any atom is -0.506 e. The lowest BCUT2D eigenvalue weighted by atomic mass is 9.49. The molecule has 4 fully saturated rings. The zero-order chi connectivity index (χ0) is 18.5. The summed E-state index contributed by atoms with van der Waals surface area (Å²) >= 11 is 3.09. The second kappa shape index (κ2) is 6.33. The van der Waals surface area contributed by atoms with Crippen LogP contribution in [0.5, 0.6) is 5.75 Å². The number of rotatable bonds is 4. The molecule has 0 aliphatic heterocycles. The number of halogens is 1. The van der Waals surface area contributed by atoms with Gasteiger partial charge in [0.1, 0.15) is 5.75 Å². The van der Waals surface area contributed by atoms with Crippen molar-refractivity contribution >= 4 is 33.7 Å². The van der Waals surface area contributed by atoms with Crippen molar-refractivity contribution in [1.82, 2.24) is 5.43 Å². The molecule has 4 bridgehead atoms. The smallest absolute Gasteiger partial charge is 0.271 e. The Morgan fingerprint density at radius 2 is 1.85 bits per heavy atom. The number of hydrogen-bond acceptors (Lipinski definition) is 5. The van der Waals surface area contributed by atoms with Crippen molar-refractivity contribution in [3.8, 4) is 5.75 Å². The summed E-state index contributed by atoms with van der Waals surface area (Å²) < 4.78 is 0.209. The van der Waals surface area contributed by atoms with Crippen LogP contribution < -0.4 is 5.43 Å². The predicted octanol–water partition coefficient (Wildman–Crippen LogP) is 3.73. The molecule has 0 saturated heterocycles. The van der Waals surface area contributed by atoms with Crippen LogP contribution in [-0.2, 0) is 4.79 Å². The summed E-state index contributed by atoms with van der Waals surface area (Å²) in [5, 5.41) is 24.9. The van der Waals surface area contributed by atoms with E-state index in [-0.39, 0.29) is 32.8 Å². The number of nitrogens with zero attached hydrogens (tertiary/aromatic N) is 2. The molecular weight excluding hydrogens is 402 g/mol. The Labute approximate surface area is 159 Å². The van der Waals surface area contributed by atoms with E-state index in [0.29, 0.717) is 17.8 Å². The maximum absolute atomic E-state index is 12.8. The third kappa shape index (κ3) is 3.00. The number of hydrogen-bond donors (Lipinski definition) is 2. The van der Waals surface area contributed by atoms with Crippen LogP contribution in [0.3, 0.4) is 0 Å². The second-order valence-corrected chi connectivity index (χ2v) is 8.87. The molecule has 0 heterocycles. The Morgan fingerprint density at radius 1 is 1.27 bits per heavy atom. The minimum absolute atomic E-state index is 0.0585. The molecule has 7 nitrogen and oxygen atoms in total. The van der Waals surface area contributed by atoms with Crippen LogP contribution in [0.2, 0.25) is 0 Å². The maximum Gasteiger partial charge on any atom is 0.271 e. The largest absolute Gasteiger partial charge is 0.506 e. The third-order valence-corrected chi connectivity index (χ3v) is 6.78. The Kier molecular flexibility index (Phi) is 4.25. The van der Waals surface area contributed by atoms with Gasteiger partial charge in [0.2, 0.25) is 5.91 Å². The van der Waals surface area contributed by atoms with Crippen LogP contribution in [0, 0.1) is 33.3 Å². The van der Waals surface area contributed by atoms with E-state index >= 15 is 0 Å². The van der Waals surface area contributed by atoms with Crippen molar-refractivity contribution < 1.29 is 14.8 Å². The second-order valence-electron chi connectivity index (χ2n) is 8.02. The van der Waals surface area contributed by atoms with Gasteiger partial charge in [0.15, 0.2) is 0 Å². The average molecular weight is 422 g/mol. The molecule has 5 rings (SSSR count). The number of benzene rings is 1. The number of carbonyl (C=O) groups excluding carboxylic acids is 1. The summed E-state index contributed by atoms with van der Waals surface area (Å²) in [6, 6.07) is 2.45. The molecule has 26 heavy (non-hydrogen) atoms. The van der Waals surface area contributed by atoms with Crippen molar-refractivity contribution in [3.63, 3.8) is 0 Å². The van der Waals surface area contributed by atoms with E-state index < -0.39 is 4.92 Å². The molecule has 8 heteroatoms. The van der Waals surface area contributed by atoms with Gasteiger partial charge in [-0.3, -0.25) is 14.9 Å². The fourth-order valence-corrected chi connectivity index (χ4v) is 5.94. The average Bonchev–Trinajstić information content (AvgIpc) is 2.57. The Bertz CT molecular complexity index is 773. The summed E-state index contributed by atoms with van der Waals surface area (Å²) in [4.78, 5) is 23.2. The monoisotopic (exact) mass is 421 g/mol. The number of nitro benzene ring substituents is 1. The quantitative estimate of drug-likeness (QED) is 0.438. The number of phenolic OH excluding ortho intramolecular Hbond substituents is 1. The number of nitro groups is 1. The summed E-state index contributed by atoms with van der Waals surface area (Å²) in [6.45, 7) is 0. The van der Waals surface area contributed by atoms with Crippen molar-refractivity contribution in [2.75, 3.05) is 0 Å². The molecule has 1 aromatic rings. The molecule has 1 amide bonds. The highest BCUT2D eigenvalue weighted by molar-refractivity contribution is 9.10. The van der Waals surface area contributed by atoms with E-state index in [9.17, 15) is 20.0 Å². The predicted molar refractivity (Wildman–Crippen MR) is 98.8 cm³/mol. The fourth-order valence-electron chi connectivity index (χ4n) is 5.48. The first-order valence-corrected chi connectivity index (χ1v) is 9.66. The van der Waals surface area contributed by atoms with Crippen LogP contribution in [0.4, 0.5) is 5.69 Å². The normalized spacial score (nSPS) is 32.1. The Morgan fingerprint density at radius 3 is 2.38 bits per heavy atom. The number of aromatic hydroxyl groups is 1. The lowest BCUT2D eigenvalue weighted by molar-refractivity contribution is -0.385. The van der Waals surface area contributed by atoms with Crippen molar-refractivity contribution in [2.45, 2.75) is 38.5 Å². The van der Waals surface area contributed by atoms with E-state index in [0.717, 1.165) is 19.3 Å². The molecule has 0 radical (unpaired) electrons. The van der Waals surface area contributed by atoms with Gasteiger partial charge in [-0.2, -0.15) is 5.10 Å². The van der Waals surface area contributed by atoms with Crippen LogP contribution in [0.15, 0.2) is 21.7 Å². The fraction of sp³-hybridized carbons (Fsp3) is 0.556. The van der Waals surface area contributed by atoms with Gasteiger partial charge in [-0.15, -0.1) is 0 Å². The van der Waals surface area contributed by atoms with Gasteiger partial charge in [-0.25, -0.2) is 5.43 Å². The number of non-ortho nitro benzene ring substituents is 1. The molecule has 4 saturated carbocycles. The number of carbonyl (C=O) groups is 1. The molecule has 0 spiro atoms. The molecule has 4 aliphatic carbocycles. The first-order chi connectivity index (χ1) is 12.4. The standard InChI is InChI=1S/C18H20BrN3O4/c19-15-5-14(22(25)26)4-13(16(15)23)9-20-21-17(24)18-6-10-1-11(7-18)3-12(2-10)8-18/h4-5,9-12,23H,1-3,6-8H2,(H,21,24)/b20-9+. The topological polar surface area (TPSA) is 105 Å². The molecule has 2 N–H and O–H groups in total. The Hall–Kier alpha value is -1.96. The highest BCUT2D eigenvalue weighted by Gasteiger charge is 2.54. The van der Waals surface area contributed by atoms with Gasteiger partial charge in [0.05, 0.1) is 21.0 Å². The number of phenols is 1. The highest BCUT2D eigenvalue weighted by Crippen LogP contribution is 2.60. The number of nitrogens with one attached hydrogen (secondary N) is 1. The lowest BCUT2D eigenvalue weighted by Crippen LogP contribution is -2.52. The molecule has 0 unspecified atom stereocenters. The number of hydrazone groups is 1. The van der Waals surface area contributed by atoms with Gasteiger partial charge in [-0.1, -0.05) is 0 Å². The molecular formula is C18H20BrN3O4. The van der Waals surface area contributed by atoms with Crippen LogP contribution in [0.1, 0.15) is 44.1 Å². The van der Waals surface area contributed by atoms with Gasteiger partial charge < -0.3 is 5.11 Å². The van der Waals surface area contributed by atoms with E-state index in [1.807, 2.05) is 0 Å². The van der Waals surface area contributed by atoms with Gasteiger partial charge in [0.25, 0.3) is 5.69 Å². The van der Waals surface area contributed by atoms with Gasteiger partial charge >= 0.3 is 0 Å². The molecule has 138 valence electrons. The summed E-state index contributed by atoms with van der Waals surface area (Å²) in [7, 11) is 0. The first kappa shape index (κ1) is 17.5. The minimum atomic E-state index is -0.546. The van der Waals surface area contributed by atoms with Crippen molar-refractivity contribution in [3.05, 3.63) is 32.3 Å². The number of amides is 1. The Balaban J connectivity index is 1.49. The first-order valence-electron chi connectivity index (χ1n) is 8.87. The summed E-state index contributed by atoms with van der Waals surface area (Å²) in [5.74, 6) is 1.77. The van der Waals surface area contributed by atoms with E-state index in [2.05, 4.69) is 26.5 Å². The van der Waals surface area contributed by atoms with Crippen molar-refractivity contribution in [2.24, 2.45) is 28.3 Å². The van der Waals surface area contributed by atoms with Crippen LogP contribution in [0.25, 0.3) is 0 Å². The lowest BCUT2D eigenvalue weighted by Gasteiger charge is -2.55. The molecule has 0 atom stereocenters. The third-order valence-electron chi connectivity index (χ3n) is 6.18. The molecule has 1 aromatic carbocycles. The van der Waals surface area contributed by atoms with E-state index in [1.54, 1.807) is 0 Å². The molecule has 0 aromatic heterocycles.